The molecule has 0 aromatic heterocycles. The molecule has 0 radical (unpaired) electrons. The quantitative estimate of drug-likeness (QED) is 0.381. The number of hydrogen-bond acceptors (Lipinski definition) is 3. The number of ether oxygens (including phenoxy) is 2. The molecular weight excluding hydrogens is 485 g/mol. The van der Waals surface area contributed by atoms with Crippen LogP contribution in [0.25, 0.3) is 0 Å². The van der Waals surface area contributed by atoms with Gasteiger partial charge in [-0.2, -0.15) is 0 Å². The van der Waals surface area contributed by atoms with Crippen LogP contribution in [0.5, 0.6) is 0 Å². The van der Waals surface area contributed by atoms with E-state index in [0.717, 1.165) is 18.4 Å². The van der Waals surface area contributed by atoms with Crippen molar-refractivity contribution in [2.45, 2.75) is 109 Å². The average molecular weight is 529 g/mol. The summed E-state index contributed by atoms with van der Waals surface area (Å²) in [6.45, 7) is 20.1. The zero-order valence-corrected chi connectivity index (χ0v) is 24.0. The Morgan fingerprint density at radius 1 is 0.912 bits per heavy atom. The molecule has 186 valence electrons. The molecule has 0 spiro atoms. The molecule has 3 atom stereocenters. The molecule has 4 heteroatoms. The normalized spacial score (nSPS) is 24.5. The van der Waals surface area contributed by atoms with E-state index in [0.29, 0.717) is 38.8 Å². The number of likely N-dealkylation sites (tertiary alicyclic amines) is 1. The topological polar surface area (TPSA) is 21.7 Å². The molecular formula is C30H43NO2Se. The van der Waals surface area contributed by atoms with Crippen molar-refractivity contribution in [1.82, 2.24) is 4.90 Å². The molecule has 3 nitrogen and oxygen atoms in total. The summed E-state index contributed by atoms with van der Waals surface area (Å²) in [5, 5.41) is 1.15. The zero-order chi connectivity index (χ0) is 24.6. The van der Waals surface area contributed by atoms with Crippen LogP contribution in [-0.4, -0.2) is 50.4 Å². The number of fused-ring (bicyclic) bond motifs is 1. The van der Waals surface area contributed by atoms with Gasteiger partial charge in [-0.1, -0.05) is 0 Å². The third-order valence-corrected chi connectivity index (χ3v) is 9.85. The average Bonchev–Trinajstić information content (AvgIpc) is 3.22. The van der Waals surface area contributed by atoms with Crippen molar-refractivity contribution in [2.24, 2.45) is 0 Å². The Hall–Kier alpha value is -1.16. The molecule has 0 saturated carbocycles. The van der Waals surface area contributed by atoms with Crippen molar-refractivity contribution in [3.63, 3.8) is 0 Å². The molecule has 0 aliphatic carbocycles. The van der Waals surface area contributed by atoms with Crippen molar-refractivity contribution in [2.75, 3.05) is 6.54 Å². The summed E-state index contributed by atoms with van der Waals surface area (Å²) in [6, 6.07) is 16.2. The standard InChI is InChI=1S/C30H43NO2Se/c1-19(2)23-14-24(20(3)4)29(25(15-23)21(5)6)34-18-26-28-27(32-30(7,8)33-28)17-31(26)16-22-12-10-9-11-13-22/h9-15,19-21,26-28H,16-18H2,1-8H3/t26-,27-,28+/m0/s1. The van der Waals surface area contributed by atoms with Crippen LogP contribution in [0.2, 0.25) is 5.32 Å². The van der Waals surface area contributed by atoms with Crippen LogP contribution in [0, 0.1) is 0 Å². The summed E-state index contributed by atoms with van der Waals surface area (Å²) < 4.78 is 14.5. The molecule has 34 heavy (non-hydrogen) atoms. The summed E-state index contributed by atoms with van der Waals surface area (Å²) in [7, 11) is 0. The van der Waals surface area contributed by atoms with Gasteiger partial charge in [-0.05, 0) is 0 Å². The molecule has 4 rings (SSSR count). The van der Waals surface area contributed by atoms with E-state index in [-0.39, 0.29) is 12.2 Å². The SMILES string of the molecule is CC(C)c1cc(C(C)C)c([Se]C[C@H]2[C@H]3OC(C)(C)O[C@H]3CN2Cc2ccccc2)c(C(C)C)c1. The van der Waals surface area contributed by atoms with Gasteiger partial charge in [0.25, 0.3) is 0 Å². The molecule has 2 aromatic rings. The van der Waals surface area contributed by atoms with E-state index in [2.05, 4.69) is 103 Å². The predicted molar refractivity (Wildman–Crippen MR) is 143 cm³/mol. The summed E-state index contributed by atoms with van der Waals surface area (Å²) in [5.41, 5.74) is 5.96. The van der Waals surface area contributed by atoms with Gasteiger partial charge in [0, 0.05) is 0 Å². The van der Waals surface area contributed by atoms with E-state index >= 15 is 0 Å². The van der Waals surface area contributed by atoms with E-state index in [1.54, 1.807) is 15.6 Å². The predicted octanol–water partition coefficient (Wildman–Crippen LogP) is 6.21. The van der Waals surface area contributed by atoms with Gasteiger partial charge in [0.15, 0.2) is 0 Å². The van der Waals surface area contributed by atoms with Crippen molar-refractivity contribution >= 4 is 19.4 Å². The van der Waals surface area contributed by atoms with E-state index in [1.165, 1.54) is 11.1 Å². The number of rotatable bonds is 8. The molecule has 0 bridgehead atoms. The van der Waals surface area contributed by atoms with Crippen molar-refractivity contribution in [3.05, 3.63) is 64.7 Å². The molecule has 2 saturated heterocycles. The number of benzene rings is 2. The van der Waals surface area contributed by atoms with Crippen LogP contribution < -0.4 is 4.46 Å². The maximum atomic E-state index is 6.49. The summed E-state index contributed by atoms with van der Waals surface area (Å²) in [5.74, 6) is 1.15. The second-order valence-corrected chi connectivity index (χ2v) is 13.6. The van der Waals surface area contributed by atoms with Gasteiger partial charge in [-0.15, -0.1) is 0 Å². The van der Waals surface area contributed by atoms with Gasteiger partial charge in [0.1, 0.15) is 0 Å². The second kappa shape index (κ2) is 10.4. The monoisotopic (exact) mass is 529 g/mol. The Balaban J connectivity index is 1.63. The van der Waals surface area contributed by atoms with Crippen molar-refractivity contribution < 1.29 is 9.47 Å². The first kappa shape index (κ1) is 25.9. The first-order valence-corrected chi connectivity index (χ1v) is 15.1. The van der Waals surface area contributed by atoms with Gasteiger partial charge in [-0.25, -0.2) is 0 Å². The van der Waals surface area contributed by atoms with Gasteiger partial charge in [0.2, 0.25) is 0 Å². The van der Waals surface area contributed by atoms with E-state index in [9.17, 15) is 0 Å². The Morgan fingerprint density at radius 3 is 2.09 bits per heavy atom. The van der Waals surface area contributed by atoms with Crippen LogP contribution in [0.15, 0.2) is 42.5 Å². The fraction of sp³-hybridized carbons (Fsp3) is 0.600. The Morgan fingerprint density at radius 2 is 1.53 bits per heavy atom. The van der Waals surface area contributed by atoms with E-state index in [4.69, 9.17) is 9.47 Å². The third kappa shape index (κ3) is 5.63. The van der Waals surface area contributed by atoms with Crippen molar-refractivity contribution in [1.29, 1.82) is 0 Å². The zero-order valence-electron chi connectivity index (χ0n) is 22.3. The fourth-order valence-corrected chi connectivity index (χ4v) is 8.81. The Labute approximate surface area is 213 Å². The molecule has 0 unspecified atom stereocenters. The second-order valence-electron chi connectivity index (χ2n) is 11.4. The Bertz CT molecular complexity index is 940. The minimum atomic E-state index is -0.482. The maximum absolute atomic E-state index is 6.49. The summed E-state index contributed by atoms with van der Waals surface area (Å²) in [4.78, 5) is 2.62. The number of hydrogen-bond donors (Lipinski definition) is 0. The van der Waals surface area contributed by atoms with E-state index in [1.807, 2.05) is 0 Å². The van der Waals surface area contributed by atoms with Crippen LogP contribution in [0.1, 0.15) is 95.4 Å². The van der Waals surface area contributed by atoms with Crippen LogP contribution in [-0.2, 0) is 16.0 Å². The van der Waals surface area contributed by atoms with Gasteiger partial charge in [0.05, 0.1) is 0 Å². The summed E-state index contributed by atoms with van der Waals surface area (Å²) in [6.07, 6.45) is 0.317. The van der Waals surface area contributed by atoms with Gasteiger partial charge < -0.3 is 0 Å². The fourth-order valence-electron chi connectivity index (χ4n) is 5.33. The molecule has 2 fully saturated rings. The molecule has 0 N–H and O–H groups in total. The third-order valence-electron chi connectivity index (χ3n) is 7.19. The van der Waals surface area contributed by atoms with Gasteiger partial charge >= 0.3 is 214 Å². The first-order chi connectivity index (χ1) is 16.1. The van der Waals surface area contributed by atoms with Gasteiger partial charge in [-0.3, -0.25) is 0 Å². The molecule has 2 aliphatic heterocycles. The number of nitrogens with zero attached hydrogens (tertiary/aromatic N) is 1. The molecule has 2 aliphatic rings. The molecule has 2 heterocycles. The Kier molecular flexibility index (Phi) is 7.96. The van der Waals surface area contributed by atoms with E-state index < -0.39 is 5.79 Å². The minimum absolute atomic E-state index is 0.153. The first-order valence-electron chi connectivity index (χ1n) is 13.0. The van der Waals surface area contributed by atoms with Crippen LogP contribution >= 0.6 is 0 Å². The molecule has 2 aromatic carbocycles. The van der Waals surface area contributed by atoms with Crippen LogP contribution in [0.3, 0.4) is 0 Å². The van der Waals surface area contributed by atoms with Crippen LogP contribution in [0.4, 0.5) is 0 Å². The summed E-state index contributed by atoms with van der Waals surface area (Å²) >= 11 is 0.374. The molecule has 0 amide bonds. The van der Waals surface area contributed by atoms with Crippen molar-refractivity contribution in [3.8, 4) is 0 Å².